The minimum Gasteiger partial charge on any atom is -0.507 e. The molecule has 1 aliphatic carbocycles. The number of aliphatic hydroxyl groups is 1. The van der Waals surface area contributed by atoms with E-state index in [1.54, 1.807) is 13.0 Å². The van der Waals surface area contributed by atoms with Gasteiger partial charge in [-0.25, -0.2) is 0 Å². The third-order valence-electron chi connectivity index (χ3n) is 2.68. The van der Waals surface area contributed by atoms with E-state index in [-0.39, 0.29) is 11.3 Å². The average Bonchev–Trinajstić information content (AvgIpc) is 2.62. The van der Waals surface area contributed by atoms with Crippen molar-refractivity contribution in [3.05, 3.63) is 65.0 Å². The fraction of sp³-hybridized carbons (Fsp3) is 0.0667. The van der Waals surface area contributed by atoms with Crippen molar-refractivity contribution in [3.63, 3.8) is 0 Å². The summed E-state index contributed by atoms with van der Waals surface area (Å²) in [6.45, 7) is 1.59. The predicted octanol–water partition coefficient (Wildman–Crippen LogP) is 2.61. The zero-order valence-electron chi connectivity index (χ0n) is 9.88. The molecule has 0 saturated carbocycles. The summed E-state index contributed by atoms with van der Waals surface area (Å²) in [6.07, 6.45) is 4.17. The Morgan fingerprint density at radius 3 is 2.44 bits per heavy atom. The molecule has 0 bridgehead atoms. The van der Waals surface area contributed by atoms with E-state index in [9.17, 15) is 14.7 Å². The number of aliphatic hydroxyl groups excluding tert-OH is 1. The van der Waals surface area contributed by atoms with E-state index < -0.39 is 11.6 Å². The van der Waals surface area contributed by atoms with Gasteiger partial charge in [0.2, 0.25) is 0 Å². The lowest BCUT2D eigenvalue weighted by Gasteiger charge is -1.97. The Bertz CT molecular complexity index is 589. The molecule has 0 unspecified atom stereocenters. The fourth-order valence-electron chi connectivity index (χ4n) is 1.71. The van der Waals surface area contributed by atoms with Gasteiger partial charge in [-0.2, -0.15) is 0 Å². The largest absolute Gasteiger partial charge is 0.507 e. The summed E-state index contributed by atoms with van der Waals surface area (Å²) in [7, 11) is 0. The lowest BCUT2D eigenvalue weighted by atomic mass is 10.1. The highest BCUT2D eigenvalue weighted by atomic mass is 16.3. The van der Waals surface area contributed by atoms with Gasteiger partial charge in [-0.05, 0) is 30.2 Å². The molecule has 90 valence electrons. The highest BCUT2D eigenvalue weighted by molar-refractivity contribution is 6.30. The number of benzene rings is 1. The van der Waals surface area contributed by atoms with Gasteiger partial charge in [0.25, 0.3) is 0 Å². The number of hydrogen-bond donors (Lipinski definition) is 1. The average molecular weight is 240 g/mol. The molecule has 18 heavy (non-hydrogen) atoms. The van der Waals surface area contributed by atoms with Crippen molar-refractivity contribution in [2.75, 3.05) is 0 Å². The van der Waals surface area contributed by atoms with Crippen LogP contribution in [0.1, 0.15) is 12.5 Å². The zero-order valence-corrected chi connectivity index (χ0v) is 9.88. The Morgan fingerprint density at radius 2 is 1.89 bits per heavy atom. The van der Waals surface area contributed by atoms with Crippen LogP contribution < -0.4 is 0 Å². The molecular weight excluding hydrogens is 228 g/mol. The summed E-state index contributed by atoms with van der Waals surface area (Å²) in [5.41, 5.74) is 1.14. The number of hydrogen-bond acceptors (Lipinski definition) is 3. The molecule has 0 atom stereocenters. The van der Waals surface area contributed by atoms with Crippen LogP contribution in [0.15, 0.2) is 59.4 Å². The second-order valence-corrected chi connectivity index (χ2v) is 4.02. The first-order valence-corrected chi connectivity index (χ1v) is 5.53. The van der Waals surface area contributed by atoms with Crippen LogP contribution in [0, 0.1) is 0 Å². The van der Waals surface area contributed by atoms with E-state index in [0.29, 0.717) is 5.57 Å². The SMILES string of the molecule is CC1=CC(=O)C(C(=O)/C=C/c2ccccc2)=C1O. The smallest absolute Gasteiger partial charge is 0.193 e. The van der Waals surface area contributed by atoms with Crippen LogP contribution in [0.5, 0.6) is 0 Å². The van der Waals surface area contributed by atoms with Crippen LogP contribution in [0.4, 0.5) is 0 Å². The summed E-state index contributed by atoms with van der Waals surface area (Å²) in [4.78, 5) is 23.3. The van der Waals surface area contributed by atoms with Crippen molar-refractivity contribution in [3.8, 4) is 0 Å². The second kappa shape index (κ2) is 4.84. The van der Waals surface area contributed by atoms with Crippen LogP contribution in [0.2, 0.25) is 0 Å². The Kier molecular flexibility index (Phi) is 3.24. The molecule has 0 saturated heterocycles. The van der Waals surface area contributed by atoms with Crippen molar-refractivity contribution in [2.24, 2.45) is 0 Å². The predicted molar refractivity (Wildman–Crippen MR) is 68.9 cm³/mol. The molecule has 1 N–H and O–H groups in total. The van der Waals surface area contributed by atoms with Gasteiger partial charge >= 0.3 is 0 Å². The lowest BCUT2D eigenvalue weighted by Crippen LogP contribution is -2.07. The minimum absolute atomic E-state index is 0.153. The molecule has 0 fully saturated rings. The van der Waals surface area contributed by atoms with E-state index in [0.717, 1.165) is 5.56 Å². The number of carbonyl (C=O) groups excluding carboxylic acids is 2. The molecule has 2 rings (SSSR count). The monoisotopic (exact) mass is 240 g/mol. The minimum atomic E-state index is -0.477. The van der Waals surface area contributed by atoms with Crippen LogP contribution in [-0.4, -0.2) is 16.7 Å². The highest BCUT2D eigenvalue weighted by Gasteiger charge is 2.26. The van der Waals surface area contributed by atoms with Gasteiger partial charge in [0.05, 0.1) is 0 Å². The number of rotatable bonds is 3. The molecule has 1 aromatic rings. The zero-order chi connectivity index (χ0) is 13.1. The fourth-order valence-corrected chi connectivity index (χ4v) is 1.71. The first-order valence-electron chi connectivity index (χ1n) is 5.53. The van der Waals surface area contributed by atoms with Gasteiger partial charge in [0, 0.05) is 0 Å². The molecule has 0 heterocycles. The Hall–Kier alpha value is -2.42. The normalized spacial score (nSPS) is 15.4. The summed E-state index contributed by atoms with van der Waals surface area (Å²) >= 11 is 0. The van der Waals surface area contributed by atoms with Gasteiger partial charge in [-0.15, -0.1) is 0 Å². The second-order valence-electron chi connectivity index (χ2n) is 4.02. The Balaban J connectivity index is 2.20. The van der Waals surface area contributed by atoms with Crippen LogP contribution in [0.3, 0.4) is 0 Å². The topological polar surface area (TPSA) is 54.4 Å². The van der Waals surface area contributed by atoms with Crippen molar-refractivity contribution in [1.82, 2.24) is 0 Å². The van der Waals surface area contributed by atoms with E-state index in [4.69, 9.17) is 0 Å². The Morgan fingerprint density at radius 1 is 1.22 bits per heavy atom. The molecule has 0 radical (unpaired) electrons. The van der Waals surface area contributed by atoms with Gasteiger partial charge in [0.1, 0.15) is 11.3 Å². The van der Waals surface area contributed by atoms with Gasteiger partial charge in [-0.1, -0.05) is 36.4 Å². The van der Waals surface area contributed by atoms with Gasteiger partial charge < -0.3 is 5.11 Å². The number of carbonyl (C=O) groups is 2. The molecule has 0 aliphatic heterocycles. The quantitative estimate of drug-likeness (QED) is 0.652. The van der Waals surface area contributed by atoms with Crippen molar-refractivity contribution < 1.29 is 14.7 Å². The Labute approximate surface area is 105 Å². The van der Waals surface area contributed by atoms with E-state index in [2.05, 4.69) is 0 Å². The standard InChI is InChI=1S/C15H12O3/c1-10-9-13(17)14(15(10)18)12(16)8-7-11-5-3-2-4-6-11/h2-9,18H,1H3/b8-7+. The molecule has 0 aromatic heterocycles. The molecule has 1 aromatic carbocycles. The maximum atomic E-state index is 11.8. The molecule has 3 nitrogen and oxygen atoms in total. The first-order chi connectivity index (χ1) is 8.59. The number of ketones is 2. The first kappa shape index (κ1) is 12.0. The van der Waals surface area contributed by atoms with Crippen molar-refractivity contribution >= 4 is 17.6 Å². The van der Waals surface area contributed by atoms with Crippen molar-refractivity contribution in [2.45, 2.75) is 6.92 Å². The molecule has 0 spiro atoms. The van der Waals surface area contributed by atoms with Gasteiger partial charge in [-0.3, -0.25) is 9.59 Å². The molecule has 3 heteroatoms. The van der Waals surface area contributed by atoms with Crippen LogP contribution in [-0.2, 0) is 9.59 Å². The third-order valence-corrected chi connectivity index (χ3v) is 2.68. The van der Waals surface area contributed by atoms with Crippen LogP contribution in [0.25, 0.3) is 6.08 Å². The van der Waals surface area contributed by atoms with Crippen LogP contribution >= 0.6 is 0 Å². The van der Waals surface area contributed by atoms with E-state index in [1.165, 1.54) is 12.2 Å². The molecule has 0 amide bonds. The maximum absolute atomic E-state index is 11.8. The summed E-state index contributed by atoms with van der Waals surface area (Å²) in [5, 5.41) is 9.63. The molecular formula is C15H12O3. The molecule has 1 aliphatic rings. The summed E-state index contributed by atoms with van der Waals surface area (Å²) in [5.74, 6) is -1.13. The summed E-state index contributed by atoms with van der Waals surface area (Å²) in [6, 6.07) is 9.28. The third kappa shape index (κ3) is 2.30. The van der Waals surface area contributed by atoms with E-state index in [1.807, 2.05) is 30.3 Å². The number of allylic oxidation sites excluding steroid dienone is 4. The van der Waals surface area contributed by atoms with E-state index >= 15 is 0 Å². The lowest BCUT2D eigenvalue weighted by molar-refractivity contribution is -0.116. The van der Waals surface area contributed by atoms with Crippen molar-refractivity contribution in [1.29, 1.82) is 0 Å². The van der Waals surface area contributed by atoms with Gasteiger partial charge in [0.15, 0.2) is 11.6 Å². The maximum Gasteiger partial charge on any atom is 0.193 e. The summed E-state index contributed by atoms with van der Waals surface area (Å²) < 4.78 is 0. The highest BCUT2D eigenvalue weighted by Crippen LogP contribution is 2.22.